The third-order valence-corrected chi connectivity index (χ3v) is 4.93. The minimum Gasteiger partial charge on any atom is -0.461 e. The van der Waals surface area contributed by atoms with Crippen molar-refractivity contribution in [2.45, 2.75) is 33.2 Å². The maximum Gasteiger partial charge on any atom is 0.276 e. The van der Waals surface area contributed by atoms with Gasteiger partial charge < -0.3 is 13.8 Å². The number of hydrogen-bond donors (Lipinski definition) is 0. The summed E-state index contributed by atoms with van der Waals surface area (Å²) in [6.45, 7) is 6.46. The van der Waals surface area contributed by atoms with Crippen LogP contribution in [0, 0.1) is 19.8 Å². The van der Waals surface area contributed by atoms with Crippen molar-refractivity contribution in [3.63, 3.8) is 0 Å². The van der Waals surface area contributed by atoms with Crippen LogP contribution in [0.4, 0.5) is 0 Å². The Labute approximate surface area is 151 Å². The van der Waals surface area contributed by atoms with Crippen LogP contribution in [0.1, 0.15) is 34.7 Å². The zero-order valence-corrected chi connectivity index (χ0v) is 15.0. The lowest BCUT2D eigenvalue weighted by Crippen LogP contribution is -2.39. The van der Waals surface area contributed by atoms with Gasteiger partial charge in [0.1, 0.15) is 0 Å². The average Bonchev–Trinajstić information content (AvgIpc) is 3.36. The second-order valence-electron chi connectivity index (χ2n) is 6.90. The van der Waals surface area contributed by atoms with Gasteiger partial charge in [-0.15, -0.1) is 0 Å². The van der Waals surface area contributed by atoms with Crippen molar-refractivity contribution in [1.82, 2.24) is 19.8 Å². The van der Waals surface area contributed by atoms with E-state index in [0.29, 0.717) is 23.1 Å². The smallest absolute Gasteiger partial charge is 0.276 e. The number of aromatic nitrogens is 3. The number of aryl methyl sites for hydroxylation is 2. The maximum absolute atomic E-state index is 12.7. The van der Waals surface area contributed by atoms with E-state index in [1.165, 1.54) is 5.69 Å². The highest BCUT2D eigenvalue weighted by atomic mass is 16.5. The summed E-state index contributed by atoms with van der Waals surface area (Å²) in [7, 11) is 0. The maximum atomic E-state index is 12.7. The quantitative estimate of drug-likeness (QED) is 0.718. The highest BCUT2D eigenvalue weighted by Gasteiger charge is 2.26. The molecule has 136 valence electrons. The Morgan fingerprint density at radius 2 is 2.04 bits per heavy atom. The van der Waals surface area contributed by atoms with E-state index in [1.54, 1.807) is 24.5 Å². The SMILES string of the molecule is Cc1cc(C)n(CC2CCN(C(=O)c3cc(-c4ccco4)on3)CC2)n1. The molecule has 0 unspecified atom stereocenters. The summed E-state index contributed by atoms with van der Waals surface area (Å²) < 4.78 is 12.6. The van der Waals surface area contributed by atoms with Crippen LogP contribution in [-0.2, 0) is 6.54 Å². The Morgan fingerprint density at radius 3 is 2.69 bits per heavy atom. The second-order valence-corrected chi connectivity index (χ2v) is 6.90. The van der Waals surface area contributed by atoms with Crippen molar-refractivity contribution in [3.8, 4) is 11.5 Å². The first-order valence-electron chi connectivity index (χ1n) is 8.91. The molecule has 1 aliphatic rings. The first-order valence-corrected chi connectivity index (χ1v) is 8.91. The number of likely N-dealkylation sites (tertiary alicyclic amines) is 1. The van der Waals surface area contributed by atoms with Crippen LogP contribution in [0.25, 0.3) is 11.5 Å². The zero-order chi connectivity index (χ0) is 18.1. The van der Waals surface area contributed by atoms with Crippen molar-refractivity contribution >= 4 is 5.91 Å². The van der Waals surface area contributed by atoms with Crippen LogP contribution >= 0.6 is 0 Å². The summed E-state index contributed by atoms with van der Waals surface area (Å²) in [6.07, 6.45) is 3.49. The molecule has 26 heavy (non-hydrogen) atoms. The monoisotopic (exact) mass is 354 g/mol. The van der Waals surface area contributed by atoms with E-state index in [2.05, 4.69) is 27.9 Å². The molecule has 0 saturated carbocycles. The topological polar surface area (TPSA) is 77.3 Å². The number of piperidine rings is 1. The number of rotatable bonds is 4. The molecule has 0 atom stereocenters. The third-order valence-electron chi connectivity index (χ3n) is 4.93. The summed E-state index contributed by atoms with van der Waals surface area (Å²) in [5.41, 5.74) is 2.57. The molecule has 3 aromatic rings. The number of amides is 1. The van der Waals surface area contributed by atoms with Crippen LogP contribution < -0.4 is 0 Å². The summed E-state index contributed by atoms with van der Waals surface area (Å²) in [4.78, 5) is 14.5. The lowest BCUT2D eigenvalue weighted by molar-refractivity contribution is 0.0670. The number of carbonyl (C=O) groups is 1. The van der Waals surface area contributed by atoms with Gasteiger partial charge in [0.05, 0.1) is 12.0 Å². The molecule has 4 rings (SSSR count). The first-order chi connectivity index (χ1) is 12.6. The van der Waals surface area contributed by atoms with Gasteiger partial charge in [-0.25, -0.2) is 0 Å². The zero-order valence-electron chi connectivity index (χ0n) is 15.0. The Hall–Kier alpha value is -2.83. The largest absolute Gasteiger partial charge is 0.461 e. The predicted molar refractivity (Wildman–Crippen MR) is 94.5 cm³/mol. The average molecular weight is 354 g/mol. The molecule has 0 spiro atoms. The molecule has 4 heterocycles. The van der Waals surface area contributed by atoms with Gasteiger partial charge in [-0.2, -0.15) is 5.10 Å². The minimum absolute atomic E-state index is 0.0869. The molecule has 3 aromatic heterocycles. The molecule has 0 aliphatic carbocycles. The number of hydrogen-bond acceptors (Lipinski definition) is 5. The molecule has 0 N–H and O–H groups in total. The summed E-state index contributed by atoms with van der Waals surface area (Å²) in [5.74, 6) is 1.49. The van der Waals surface area contributed by atoms with Crippen molar-refractivity contribution in [2.24, 2.45) is 5.92 Å². The molecular weight excluding hydrogens is 332 g/mol. The molecule has 1 saturated heterocycles. The van der Waals surface area contributed by atoms with Crippen molar-refractivity contribution < 1.29 is 13.7 Å². The van der Waals surface area contributed by atoms with Gasteiger partial charge >= 0.3 is 0 Å². The lowest BCUT2D eigenvalue weighted by atomic mass is 9.96. The Bertz CT molecular complexity index is 886. The lowest BCUT2D eigenvalue weighted by Gasteiger charge is -2.31. The number of carbonyl (C=O) groups excluding carboxylic acids is 1. The van der Waals surface area contributed by atoms with Crippen LogP contribution in [0.5, 0.6) is 0 Å². The highest BCUT2D eigenvalue weighted by Crippen LogP contribution is 2.24. The van der Waals surface area contributed by atoms with Crippen molar-refractivity contribution in [1.29, 1.82) is 0 Å². The fraction of sp³-hybridized carbons (Fsp3) is 0.421. The summed E-state index contributed by atoms with van der Waals surface area (Å²) in [6, 6.07) is 7.29. The molecule has 7 heteroatoms. The summed E-state index contributed by atoms with van der Waals surface area (Å²) >= 11 is 0. The normalized spacial score (nSPS) is 15.5. The van der Waals surface area contributed by atoms with Crippen LogP contribution in [-0.4, -0.2) is 38.8 Å². The van der Waals surface area contributed by atoms with E-state index < -0.39 is 0 Å². The van der Waals surface area contributed by atoms with Crippen molar-refractivity contribution in [3.05, 3.63) is 47.6 Å². The van der Waals surface area contributed by atoms with E-state index in [4.69, 9.17) is 8.94 Å². The fourth-order valence-electron chi connectivity index (χ4n) is 3.50. The molecular formula is C19H22N4O3. The third kappa shape index (κ3) is 3.29. The van der Waals surface area contributed by atoms with E-state index in [1.807, 2.05) is 11.8 Å². The Kier molecular flexibility index (Phi) is 4.36. The molecule has 1 amide bonds. The molecule has 0 aromatic carbocycles. The van der Waals surface area contributed by atoms with Gasteiger partial charge in [0.25, 0.3) is 5.91 Å². The van der Waals surface area contributed by atoms with Gasteiger partial charge in [-0.3, -0.25) is 9.48 Å². The minimum atomic E-state index is -0.0869. The van der Waals surface area contributed by atoms with Gasteiger partial charge in [0.15, 0.2) is 11.5 Å². The Balaban J connectivity index is 1.35. The van der Waals surface area contributed by atoms with Crippen molar-refractivity contribution in [2.75, 3.05) is 13.1 Å². The van der Waals surface area contributed by atoms with Crippen LogP contribution in [0.2, 0.25) is 0 Å². The van der Waals surface area contributed by atoms with Gasteiger partial charge in [-0.1, -0.05) is 5.16 Å². The number of nitrogens with zero attached hydrogens (tertiary/aromatic N) is 4. The van der Waals surface area contributed by atoms with E-state index >= 15 is 0 Å². The fourth-order valence-corrected chi connectivity index (χ4v) is 3.50. The molecule has 7 nitrogen and oxygen atoms in total. The molecule has 0 radical (unpaired) electrons. The molecule has 1 fully saturated rings. The number of furan rings is 1. The van der Waals surface area contributed by atoms with E-state index in [-0.39, 0.29) is 5.91 Å². The van der Waals surface area contributed by atoms with Gasteiger partial charge in [-0.05, 0) is 50.8 Å². The molecule has 1 aliphatic heterocycles. The summed E-state index contributed by atoms with van der Waals surface area (Å²) in [5, 5.41) is 8.45. The van der Waals surface area contributed by atoms with E-state index in [9.17, 15) is 4.79 Å². The predicted octanol–water partition coefficient (Wildman–Crippen LogP) is 3.30. The van der Waals surface area contributed by atoms with Gasteiger partial charge in [0.2, 0.25) is 5.76 Å². The van der Waals surface area contributed by atoms with Gasteiger partial charge in [0, 0.05) is 31.4 Å². The Morgan fingerprint density at radius 1 is 1.23 bits per heavy atom. The standard InChI is InChI=1S/C19H22N4O3/c1-13-10-14(2)23(20-13)12-15-5-7-22(8-6-15)19(24)16-11-18(26-21-16)17-4-3-9-25-17/h3-4,9-11,15H,5-8,12H2,1-2H3. The first kappa shape index (κ1) is 16.6. The van der Waals surface area contributed by atoms with Crippen LogP contribution in [0.3, 0.4) is 0 Å². The molecule has 0 bridgehead atoms. The second kappa shape index (κ2) is 6.82. The van der Waals surface area contributed by atoms with Crippen LogP contribution in [0.15, 0.2) is 39.5 Å². The van der Waals surface area contributed by atoms with E-state index in [0.717, 1.165) is 38.2 Å². The highest BCUT2D eigenvalue weighted by molar-refractivity contribution is 5.93.